The number of allylic oxidation sites excluding steroid dienone is 1. The van der Waals surface area contributed by atoms with E-state index in [1.807, 2.05) is 5.32 Å². The molecule has 0 bridgehead atoms. The Morgan fingerprint density at radius 2 is 1.59 bits per heavy atom. The first-order chi connectivity index (χ1) is 17.7. The minimum absolute atomic E-state index is 0.0487. The minimum atomic E-state index is -5.30. The van der Waals surface area contributed by atoms with Crippen molar-refractivity contribution in [3.05, 3.63) is 74.2 Å². The van der Waals surface area contributed by atoms with Crippen LogP contribution in [0, 0.1) is 0 Å². The first-order valence-corrected chi connectivity index (χ1v) is 11.6. The van der Waals surface area contributed by atoms with Gasteiger partial charge in [-0.25, -0.2) is 4.39 Å². The van der Waals surface area contributed by atoms with Crippen molar-refractivity contribution in [1.82, 2.24) is 10.6 Å². The molecule has 39 heavy (non-hydrogen) atoms. The molecule has 0 aliphatic carbocycles. The van der Waals surface area contributed by atoms with Crippen molar-refractivity contribution >= 4 is 45.2 Å². The Hall–Kier alpha value is -2.81. The van der Waals surface area contributed by atoms with E-state index in [4.69, 9.17) is 11.6 Å². The summed E-state index contributed by atoms with van der Waals surface area (Å²) < 4.78 is 134. The molecule has 0 aliphatic heterocycles. The van der Waals surface area contributed by atoms with Crippen molar-refractivity contribution in [2.24, 2.45) is 0 Å². The van der Waals surface area contributed by atoms with Gasteiger partial charge >= 0.3 is 18.5 Å². The summed E-state index contributed by atoms with van der Waals surface area (Å²) in [6.07, 6.45) is -18.6. The third-order valence-electron chi connectivity index (χ3n) is 4.90. The smallest absolute Gasteiger partial charge is 0.336 e. The van der Waals surface area contributed by atoms with Gasteiger partial charge in [-0.15, -0.1) is 0 Å². The zero-order valence-corrected chi connectivity index (χ0v) is 21.6. The Balaban J connectivity index is 2.40. The number of benzene rings is 2. The number of hydrogen-bond acceptors (Lipinski definition) is 2. The van der Waals surface area contributed by atoms with E-state index in [1.54, 1.807) is 5.32 Å². The van der Waals surface area contributed by atoms with Crippen LogP contribution in [0.1, 0.15) is 46.3 Å². The molecule has 0 heterocycles. The van der Waals surface area contributed by atoms with E-state index in [1.165, 1.54) is 6.07 Å². The van der Waals surface area contributed by atoms with Crippen molar-refractivity contribution in [2.45, 2.75) is 44.0 Å². The largest absolute Gasteiger partial charge is 0.417 e. The molecule has 2 aromatic carbocycles. The topological polar surface area (TPSA) is 58.2 Å². The molecule has 0 aromatic heterocycles. The highest BCUT2D eigenvalue weighted by Gasteiger charge is 2.41. The number of amides is 2. The Morgan fingerprint density at radius 3 is 2.10 bits per heavy atom. The van der Waals surface area contributed by atoms with E-state index < -0.39 is 76.9 Å². The van der Waals surface area contributed by atoms with Crippen LogP contribution in [0.3, 0.4) is 0 Å². The predicted octanol–water partition coefficient (Wildman–Crippen LogP) is 7.92. The maximum absolute atomic E-state index is 14.9. The molecule has 214 valence electrons. The summed E-state index contributed by atoms with van der Waals surface area (Å²) in [5.74, 6) is -7.36. The molecule has 2 N–H and O–H groups in total. The van der Waals surface area contributed by atoms with Crippen molar-refractivity contribution in [3.8, 4) is 0 Å². The van der Waals surface area contributed by atoms with Gasteiger partial charge in [-0.05, 0) is 58.8 Å². The lowest BCUT2D eigenvalue weighted by molar-refractivity contribution is -0.154. The second-order valence-corrected chi connectivity index (χ2v) is 9.28. The standard InChI is InChI=1S/C23H16BrClF10N2O2/c1-10(36-19(38)9-21(27,28)29)37-20(39)13-4-2-12(6-15(13)23(33,34)35)18(26)8-14(22(30,31)32)11-3-5-16(24)17(25)7-11/h2-8,10,14H,9H2,1H3,(H,36,38)(H,37,39)/b18-8-/t10-,14?/m1/s1. The fourth-order valence-corrected chi connectivity index (χ4v) is 3.67. The SMILES string of the molecule is C[C@H](NC(=O)CC(F)(F)F)NC(=O)c1ccc(/C(F)=C/C(c2ccc(Br)c(Cl)c2)C(F)(F)F)cc1C(F)(F)F. The van der Waals surface area contributed by atoms with Crippen LogP contribution in [0.15, 0.2) is 46.9 Å². The molecular weight excluding hydrogens is 642 g/mol. The van der Waals surface area contributed by atoms with E-state index in [9.17, 15) is 53.5 Å². The molecule has 2 aromatic rings. The van der Waals surface area contributed by atoms with Gasteiger partial charge in [0.2, 0.25) is 5.91 Å². The normalized spacial score (nSPS) is 14.5. The average Bonchev–Trinajstić information content (AvgIpc) is 2.76. The lowest BCUT2D eigenvalue weighted by Crippen LogP contribution is -2.47. The van der Waals surface area contributed by atoms with Crippen LogP contribution >= 0.6 is 27.5 Å². The van der Waals surface area contributed by atoms with Crippen molar-refractivity contribution < 1.29 is 53.5 Å². The molecule has 4 nitrogen and oxygen atoms in total. The van der Waals surface area contributed by atoms with Gasteiger partial charge in [-0.3, -0.25) is 9.59 Å². The molecule has 0 fully saturated rings. The van der Waals surface area contributed by atoms with Gasteiger partial charge < -0.3 is 10.6 Å². The summed E-state index contributed by atoms with van der Waals surface area (Å²) in [6, 6.07) is 4.26. The Morgan fingerprint density at radius 1 is 0.974 bits per heavy atom. The second-order valence-electron chi connectivity index (χ2n) is 8.02. The zero-order chi connectivity index (χ0) is 29.9. The first kappa shape index (κ1) is 32.4. The lowest BCUT2D eigenvalue weighted by atomic mass is 9.95. The fourth-order valence-electron chi connectivity index (χ4n) is 3.24. The van der Waals surface area contributed by atoms with Crippen LogP contribution in [-0.2, 0) is 11.0 Å². The predicted molar refractivity (Wildman–Crippen MR) is 124 cm³/mol. The van der Waals surface area contributed by atoms with Crippen LogP contribution in [0.4, 0.5) is 43.9 Å². The second kappa shape index (κ2) is 12.1. The van der Waals surface area contributed by atoms with Crippen molar-refractivity contribution in [3.63, 3.8) is 0 Å². The summed E-state index contributed by atoms with van der Waals surface area (Å²) in [4.78, 5) is 23.7. The van der Waals surface area contributed by atoms with Crippen LogP contribution in [0.25, 0.3) is 5.83 Å². The number of carbonyl (C=O) groups is 2. The molecule has 0 spiro atoms. The number of halogens is 12. The third kappa shape index (κ3) is 9.41. The van der Waals surface area contributed by atoms with Crippen molar-refractivity contribution in [2.75, 3.05) is 0 Å². The maximum Gasteiger partial charge on any atom is 0.417 e. The van der Waals surface area contributed by atoms with Gasteiger partial charge in [0.05, 0.1) is 22.3 Å². The highest BCUT2D eigenvalue weighted by Crippen LogP contribution is 2.41. The van der Waals surface area contributed by atoms with Crippen LogP contribution < -0.4 is 10.6 Å². The molecule has 1 unspecified atom stereocenters. The van der Waals surface area contributed by atoms with Crippen LogP contribution in [0.2, 0.25) is 5.02 Å². The van der Waals surface area contributed by atoms with E-state index in [0.29, 0.717) is 12.1 Å². The van der Waals surface area contributed by atoms with Gasteiger partial charge in [0.1, 0.15) is 18.2 Å². The molecule has 0 saturated carbocycles. The quantitative estimate of drug-likeness (QED) is 0.235. The molecular formula is C23H16BrClF10N2O2. The average molecular weight is 658 g/mol. The zero-order valence-electron chi connectivity index (χ0n) is 19.3. The Bertz CT molecular complexity index is 1260. The molecule has 0 saturated heterocycles. The number of hydrogen-bond donors (Lipinski definition) is 2. The highest BCUT2D eigenvalue weighted by atomic mass is 79.9. The summed E-state index contributed by atoms with van der Waals surface area (Å²) in [5.41, 5.74) is -4.31. The molecule has 2 atom stereocenters. The lowest BCUT2D eigenvalue weighted by Gasteiger charge is -2.20. The molecule has 0 radical (unpaired) electrons. The summed E-state index contributed by atoms with van der Waals surface area (Å²) in [6.45, 7) is 0.974. The number of nitrogens with one attached hydrogen (secondary N) is 2. The van der Waals surface area contributed by atoms with Gasteiger partial charge in [-0.1, -0.05) is 23.7 Å². The number of carbonyl (C=O) groups excluding carboxylic acids is 2. The van der Waals surface area contributed by atoms with E-state index >= 15 is 0 Å². The van der Waals surface area contributed by atoms with Gasteiger partial charge in [-0.2, -0.15) is 39.5 Å². The van der Waals surface area contributed by atoms with Crippen LogP contribution in [-0.4, -0.2) is 30.3 Å². The molecule has 16 heteroatoms. The van der Waals surface area contributed by atoms with Gasteiger partial charge in [0.25, 0.3) is 5.91 Å². The van der Waals surface area contributed by atoms with Gasteiger partial charge in [0, 0.05) is 10.0 Å². The molecule has 2 rings (SSSR count). The molecule has 0 aliphatic rings. The summed E-state index contributed by atoms with van der Waals surface area (Å²) >= 11 is 8.80. The van der Waals surface area contributed by atoms with E-state index in [2.05, 4.69) is 15.9 Å². The van der Waals surface area contributed by atoms with Gasteiger partial charge in [0.15, 0.2) is 0 Å². The highest BCUT2D eigenvalue weighted by molar-refractivity contribution is 9.10. The van der Waals surface area contributed by atoms with Crippen molar-refractivity contribution in [1.29, 1.82) is 0 Å². The molecule has 2 amide bonds. The monoisotopic (exact) mass is 656 g/mol. The Labute approximate surface area is 227 Å². The summed E-state index contributed by atoms with van der Waals surface area (Å²) in [7, 11) is 0. The van der Waals surface area contributed by atoms with E-state index in [-0.39, 0.29) is 21.6 Å². The van der Waals surface area contributed by atoms with Crippen LogP contribution in [0.5, 0.6) is 0 Å². The van der Waals surface area contributed by atoms with E-state index in [0.717, 1.165) is 19.1 Å². The summed E-state index contributed by atoms with van der Waals surface area (Å²) in [5, 5.41) is 3.44. The maximum atomic E-state index is 14.9. The minimum Gasteiger partial charge on any atom is -0.336 e. The Kier molecular flexibility index (Phi) is 10.1. The number of rotatable bonds is 7. The third-order valence-corrected chi connectivity index (χ3v) is 6.13. The number of alkyl halides is 9. The first-order valence-electron chi connectivity index (χ1n) is 10.5. The fraction of sp³-hybridized carbons (Fsp3) is 0.304.